The van der Waals surface area contributed by atoms with Gasteiger partial charge in [0.2, 0.25) is 0 Å². The van der Waals surface area contributed by atoms with Crippen LogP contribution in [0.1, 0.15) is 95.6 Å². The van der Waals surface area contributed by atoms with E-state index in [1.807, 2.05) is 17.9 Å². The lowest BCUT2D eigenvalue weighted by molar-refractivity contribution is -0.442. The summed E-state index contributed by atoms with van der Waals surface area (Å²) in [5, 5.41) is 9.10. The van der Waals surface area contributed by atoms with Crippen molar-refractivity contribution in [3.05, 3.63) is 81.9 Å². The molecule has 2 aliphatic heterocycles. The van der Waals surface area contributed by atoms with Gasteiger partial charge in [0.25, 0.3) is 30.4 Å². The molecule has 1 saturated carbocycles. The molecule has 0 spiro atoms. The molecule has 19 heteroatoms. The molecule has 57 heavy (non-hydrogen) atoms. The molecule has 7 rings (SSSR count). The Labute approximate surface area is 337 Å². The zero-order valence-corrected chi connectivity index (χ0v) is 35.0. The molecule has 2 aromatic rings. The number of allylic oxidation sites excluding steroid dienone is 8. The molecule has 2 unspecified atom stereocenters. The number of hydrogen-bond donors (Lipinski definition) is 4. The largest absolute Gasteiger partial charge is 0.329 e. The minimum atomic E-state index is -4.50. The minimum Gasteiger partial charge on any atom is -0.329 e. The van der Waals surface area contributed by atoms with Gasteiger partial charge in [-0.25, -0.2) is 14.8 Å². The topological polar surface area (TPSA) is 225 Å². The monoisotopic (exact) mass is 863 g/mol. The van der Waals surface area contributed by atoms with Gasteiger partial charge in [0.1, 0.15) is 16.4 Å². The summed E-state index contributed by atoms with van der Waals surface area (Å²) in [6.07, 6.45) is 16.6. The molecule has 2 aromatic heterocycles. The minimum absolute atomic E-state index is 0.230. The lowest BCUT2D eigenvalue weighted by atomic mass is 9.81. The van der Waals surface area contributed by atoms with Crippen LogP contribution in [0.25, 0.3) is 0 Å². The van der Waals surface area contributed by atoms with Crippen LogP contribution in [0, 0.1) is 0 Å². The number of nitrogens with zero attached hydrogens (tertiary/aromatic N) is 4. The molecule has 2 atom stereocenters. The quantitative estimate of drug-likeness (QED) is 0.0375. The van der Waals surface area contributed by atoms with Crippen LogP contribution in [0.4, 0.5) is 11.6 Å². The van der Waals surface area contributed by atoms with E-state index in [4.69, 9.17) is 10.2 Å². The summed E-state index contributed by atoms with van der Waals surface area (Å²) in [4.78, 5) is 11.6. The fourth-order valence-corrected chi connectivity index (χ4v) is 11.3. The van der Waals surface area contributed by atoms with E-state index in [0.29, 0.717) is 61.5 Å². The standard InChI is InChI=1S/C38H46N4O11S4/c1-37-12-10-27(33(37)41(14-3-5-16-55(44,45)46)35-31(37)21-29(23-39-35)54-53-43)19-25-8-7-9-26(18-25)20-28-11-13-38(2)32-22-30(57(50,51)52)24-40-36(32)42(34(28)38)15-4-6-17-56(47,48)49/h18-24H,3-17H2,1-2H3,(H3-,43,44,45,46,47,48,49,50,51,52)/p+1. The van der Waals surface area contributed by atoms with Gasteiger partial charge in [0.05, 0.1) is 52.2 Å². The maximum atomic E-state index is 12.1. The molecule has 5 aliphatic rings. The fourth-order valence-electron chi connectivity index (χ4n) is 9.36. The smallest absolute Gasteiger partial charge is 0.327 e. The van der Waals surface area contributed by atoms with Crippen molar-refractivity contribution in [2.75, 3.05) is 29.5 Å². The average Bonchev–Trinajstić information content (AvgIpc) is 3.78. The Morgan fingerprint density at radius 1 is 0.860 bits per heavy atom. The highest BCUT2D eigenvalue weighted by atomic mass is 32.2. The highest BCUT2D eigenvalue weighted by Gasteiger charge is 2.53. The molecular weight excluding hydrogens is 817 g/mol. The Morgan fingerprint density at radius 2 is 1.58 bits per heavy atom. The molecule has 0 saturated heterocycles. The molecule has 3 aliphatic carbocycles. The molecule has 0 amide bonds. The first-order chi connectivity index (χ1) is 26.8. The third-order valence-electron chi connectivity index (χ3n) is 11.9. The van der Waals surface area contributed by atoms with E-state index in [-0.39, 0.29) is 28.2 Å². The first-order valence-corrected chi connectivity index (χ1v) is 24.4. The van der Waals surface area contributed by atoms with Crippen LogP contribution in [0.15, 0.2) is 80.5 Å². The molecule has 1 fully saturated rings. The van der Waals surface area contributed by atoms with Gasteiger partial charge in [0.15, 0.2) is 6.20 Å². The number of fused-ring (bicyclic) bond motifs is 6. The Kier molecular flexibility index (Phi) is 11.6. The predicted octanol–water partition coefficient (Wildman–Crippen LogP) is 6.50. The summed E-state index contributed by atoms with van der Waals surface area (Å²) >= 11 is 0.816. The van der Waals surface area contributed by atoms with Gasteiger partial charge in [-0.15, -0.1) is 0 Å². The second-order valence-corrected chi connectivity index (χ2v) is 21.2. The van der Waals surface area contributed by atoms with Crippen LogP contribution in [-0.2, 0) is 45.5 Å². The van der Waals surface area contributed by atoms with Crippen LogP contribution >= 0.6 is 12.0 Å². The Hall–Kier alpha value is -3.27. The third kappa shape index (κ3) is 8.58. The summed E-state index contributed by atoms with van der Waals surface area (Å²) in [6, 6.07) is 3.46. The average molecular weight is 864 g/mol. The van der Waals surface area contributed by atoms with Crippen molar-refractivity contribution in [3.63, 3.8) is 0 Å². The van der Waals surface area contributed by atoms with Crippen molar-refractivity contribution in [2.24, 2.45) is 0 Å². The zero-order valence-electron chi connectivity index (χ0n) is 31.7. The summed E-state index contributed by atoms with van der Waals surface area (Å²) < 4.78 is 105. The molecule has 0 bridgehead atoms. The summed E-state index contributed by atoms with van der Waals surface area (Å²) in [5.41, 5.74) is 7.38. The van der Waals surface area contributed by atoms with Crippen LogP contribution in [0.2, 0.25) is 0 Å². The van der Waals surface area contributed by atoms with Gasteiger partial charge in [-0.05, 0) is 124 Å². The van der Waals surface area contributed by atoms with E-state index in [0.717, 1.165) is 84.3 Å². The second-order valence-electron chi connectivity index (χ2n) is 15.9. The maximum absolute atomic E-state index is 12.1. The van der Waals surface area contributed by atoms with Crippen molar-refractivity contribution < 1.29 is 53.1 Å². The van der Waals surface area contributed by atoms with Crippen molar-refractivity contribution >= 4 is 59.7 Å². The maximum Gasteiger partial charge on any atom is 0.327 e. The van der Waals surface area contributed by atoms with Crippen LogP contribution in [0.5, 0.6) is 0 Å². The van der Waals surface area contributed by atoms with Gasteiger partial charge in [-0.3, -0.25) is 13.7 Å². The SMILES string of the molecule is CC12CCC(C=C3C=C(C=C4CCC5(C)C4=[N+](CCCCS(=O)(=O)O)c4ncc(SOO)cc45)CCC3)=C1N(CCCCS(=O)(=O)O)c1ncc(S(=O)(=O)O)cc12. The van der Waals surface area contributed by atoms with Gasteiger partial charge < -0.3 is 4.90 Å². The number of aromatic nitrogens is 2. The molecular formula is C38H47N4O11S4+. The van der Waals surface area contributed by atoms with E-state index in [1.165, 1.54) is 17.2 Å². The number of pyridine rings is 2. The molecule has 0 radical (unpaired) electrons. The molecule has 0 aromatic carbocycles. The number of anilines is 1. The lowest BCUT2D eigenvalue weighted by Crippen LogP contribution is -2.28. The van der Waals surface area contributed by atoms with Crippen LogP contribution in [-0.4, -0.2) is 89.0 Å². The van der Waals surface area contributed by atoms with Gasteiger partial charge in [0, 0.05) is 23.2 Å². The van der Waals surface area contributed by atoms with E-state index in [9.17, 15) is 38.9 Å². The van der Waals surface area contributed by atoms with Crippen LogP contribution in [0.3, 0.4) is 0 Å². The molecule has 4 N–H and O–H groups in total. The first-order valence-electron chi connectivity index (χ1n) is 19.0. The van der Waals surface area contributed by atoms with Crippen molar-refractivity contribution in [3.8, 4) is 0 Å². The van der Waals surface area contributed by atoms with Gasteiger partial charge in [-0.1, -0.05) is 18.2 Å². The Bertz CT molecular complexity index is 2490. The predicted molar refractivity (Wildman–Crippen MR) is 215 cm³/mol. The van der Waals surface area contributed by atoms with E-state index >= 15 is 0 Å². The summed E-state index contributed by atoms with van der Waals surface area (Å²) in [7, 11) is -12.7. The third-order valence-corrected chi connectivity index (χ3v) is 14.8. The number of unbranched alkanes of at least 4 members (excludes halogenated alkanes) is 2. The summed E-state index contributed by atoms with van der Waals surface area (Å²) in [6.45, 7) is 5.14. The Morgan fingerprint density at radius 3 is 2.28 bits per heavy atom. The first kappa shape index (κ1) is 41.9. The second kappa shape index (κ2) is 15.7. The van der Waals surface area contributed by atoms with E-state index in [1.54, 1.807) is 6.20 Å². The molecule has 308 valence electrons. The van der Waals surface area contributed by atoms with Crippen LogP contribution < -0.4 is 4.90 Å². The lowest BCUT2D eigenvalue weighted by Gasteiger charge is -2.26. The van der Waals surface area contributed by atoms with Crippen molar-refractivity contribution in [1.82, 2.24) is 9.97 Å². The van der Waals surface area contributed by atoms with Gasteiger partial charge in [-0.2, -0.15) is 29.6 Å². The van der Waals surface area contributed by atoms with Crippen molar-refractivity contribution in [2.45, 2.75) is 105 Å². The van der Waals surface area contributed by atoms with E-state index in [2.05, 4.69) is 39.0 Å². The highest BCUT2D eigenvalue weighted by molar-refractivity contribution is 7.94. The highest BCUT2D eigenvalue weighted by Crippen LogP contribution is 2.56. The Balaban J connectivity index is 1.23. The van der Waals surface area contributed by atoms with E-state index < -0.39 is 35.8 Å². The zero-order chi connectivity index (χ0) is 41.0. The normalized spacial score (nSPS) is 24.7. The van der Waals surface area contributed by atoms with Gasteiger partial charge >= 0.3 is 5.82 Å². The summed E-state index contributed by atoms with van der Waals surface area (Å²) in [5.74, 6) is 0.655. The molecule has 4 heterocycles. The fraction of sp³-hybridized carbons (Fsp3) is 0.500. The molecule has 15 nitrogen and oxygen atoms in total. The number of rotatable bonds is 15. The number of hydrogen-bond acceptors (Lipinski definition) is 12. The van der Waals surface area contributed by atoms with Crippen molar-refractivity contribution in [1.29, 1.82) is 0 Å².